The van der Waals surface area contributed by atoms with Crippen LogP contribution in [0.25, 0.3) is 0 Å². The molecule has 0 spiro atoms. The fraction of sp³-hybridized carbons (Fsp3) is 0.364. The van der Waals surface area contributed by atoms with Gasteiger partial charge in [-0.25, -0.2) is 0 Å². The van der Waals surface area contributed by atoms with Gasteiger partial charge in [0.05, 0.1) is 18.7 Å². The molecule has 1 aromatic rings. The lowest BCUT2D eigenvalue weighted by Crippen LogP contribution is -2.18. The summed E-state index contributed by atoms with van der Waals surface area (Å²) in [6, 6.07) is 5.86. The van der Waals surface area contributed by atoms with E-state index in [4.69, 9.17) is 4.74 Å². The van der Waals surface area contributed by atoms with Crippen molar-refractivity contribution >= 4 is 5.91 Å². The van der Waals surface area contributed by atoms with Gasteiger partial charge in [0.25, 0.3) is 5.91 Å². The molecule has 1 unspecified atom stereocenters. The number of ether oxygens (including phenoxy) is 1. The fourth-order valence-corrected chi connectivity index (χ4v) is 1.88. The van der Waals surface area contributed by atoms with Crippen molar-refractivity contribution in [3.8, 4) is 5.75 Å². The van der Waals surface area contributed by atoms with Gasteiger partial charge in [0, 0.05) is 0 Å². The van der Waals surface area contributed by atoms with Crippen LogP contribution < -0.4 is 10.1 Å². The number of hydrogen-bond donors (Lipinski definition) is 1. The predicted molar refractivity (Wildman–Crippen MR) is 53.5 cm³/mol. The van der Waals surface area contributed by atoms with E-state index in [1.54, 1.807) is 7.11 Å². The summed E-state index contributed by atoms with van der Waals surface area (Å²) in [6.45, 7) is 2.06. The van der Waals surface area contributed by atoms with Gasteiger partial charge in [-0.2, -0.15) is 0 Å². The summed E-state index contributed by atoms with van der Waals surface area (Å²) in [7, 11) is 1.59. The summed E-state index contributed by atoms with van der Waals surface area (Å²) < 4.78 is 5.16. The van der Waals surface area contributed by atoms with Crippen LogP contribution in [0.2, 0.25) is 0 Å². The number of carbonyl (C=O) groups excluding carboxylic acids is 1. The zero-order valence-electron chi connectivity index (χ0n) is 8.33. The minimum absolute atomic E-state index is 0.0238. The number of nitrogens with one attached hydrogen (secondary N) is 1. The lowest BCUT2D eigenvalue weighted by Gasteiger charge is -2.08. The van der Waals surface area contributed by atoms with E-state index in [-0.39, 0.29) is 11.9 Å². The molecule has 3 heteroatoms. The van der Waals surface area contributed by atoms with Crippen LogP contribution in [0.5, 0.6) is 5.75 Å². The van der Waals surface area contributed by atoms with E-state index in [0.717, 1.165) is 12.0 Å². The highest BCUT2D eigenvalue weighted by Crippen LogP contribution is 2.33. The second-order valence-electron chi connectivity index (χ2n) is 3.36. The smallest absolute Gasteiger partial charge is 0.255 e. The molecule has 14 heavy (non-hydrogen) atoms. The van der Waals surface area contributed by atoms with E-state index in [0.29, 0.717) is 11.3 Å². The first kappa shape index (κ1) is 9.06. The molecule has 0 saturated carbocycles. The van der Waals surface area contributed by atoms with Crippen molar-refractivity contribution < 1.29 is 9.53 Å². The molecule has 1 heterocycles. The predicted octanol–water partition coefficient (Wildman–Crippen LogP) is 1.89. The Morgan fingerprint density at radius 1 is 1.50 bits per heavy atom. The maximum absolute atomic E-state index is 11.6. The third-order valence-electron chi connectivity index (χ3n) is 2.59. The molecular formula is C11H13NO2. The van der Waals surface area contributed by atoms with Crippen molar-refractivity contribution in [1.82, 2.24) is 5.32 Å². The van der Waals surface area contributed by atoms with Gasteiger partial charge in [0.15, 0.2) is 0 Å². The van der Waals surface area contributed by atoms with Gasteiger partial charge in [0.2, 0.25) is 0 Å². The van der Waals surface area contributed by atoms with Crippen LogP contribution >= 0.6 is 0 Å². The average molecular weight is 191 g/mol. The molecule has 0 bridgehead atoms. The van der Waals surface area contributed by atoms with Crippen LogP contribution in [0, 0.1) is 0 Å². The molecule has 0 aromatic heterocycles. The topological polar surface area (TPSA) is 38.3 Å². The zero-order chi connectivity index (χ0) is 10.1. The summed E-state index contributed by atoms with van der Waals surface area (Å²) in [6.07, 6.45) is 0.909. The Hall–Kier alpha value is -1.51. The number of fused-ring (bicyclic) bond motifs is 1. The van der Waals surface area contributed by atoms with Crippen LogP contribution in [0.15, 0.2) is 18.2 Å². The monoisotopic (exact) mass is 191 g/mol. The molecule has 3 nitrogen and oxygen atoms in total. The largest absolute Gasteiger partial charge is 0.496 e. The van der Waals surface area contributed by atoms with Gasteiger partial charge in [-0.1, -0.05) is 19.1 Å². The van der Waals surface area contributed by atoms with Crippen molar-refractivity contribution in [2.24, 2.45) is 0 Å². The van der Waals surface area contributed by atoms with Crippen LogP contribution in [0.1, 0.15) is 35.3 Å². The number of hydrogen-bond acceptors (Lipinski definition) is 2. The minimum atomic E-state index is -0.0238. The maximum Gasteiger partial charge on any atom is 0.255 e. The quantitative estimate of drug-likeness (QED) is 0.775. The molecule has 0 radical (unpaired) electrons. The SMILES string of the molecule is CCC1NC(=O)c2c(OC)cccc21. The minimum Gasteiger partial charge on any atom is -0.496 e. The van der Waals surface area contributed by atoms with Gasteiger partial charge in [-0.15, -0.1) is 0 Å². The van der Waals surface area contributed by atoms with Crippen LogP contribution in [-0.4, -0.2) is 13.0 Å². The first-order chi connectivity index (χ1) is 6.77. The Labute approximate surface area is 83.1 Å². The fourth-order valence-electron chi connectivity index (χ4n) is 1.88. The van der Waals surface area contributed by atoms with E-state index < -0.39 is 0 Å². The lowest BCUT2D eigenvalue weighted by molar-refractivity contribution is 0.0953. The van der Waals surface area contributed by atoms with E-state index >= 15 is 0 Å². The highest BCUT2D eigenvalue weighted by atomic mass is 16.5. The molecule has 1 aliphatic rings. The third-order valence-corrected chi connectivity index (χ3v) is 2.59. The molecule has 1 amide bonds. The normalized spacial score (nSPS) is 19.0. The summed E-state index contributed by atoms with van der Waals surface area (Å²) >= 11 is 0. The zero-order valence-corrected chi connectivity index (χ0v) is 8.33. The number of amides is 1. The Balaban J connectivity index is 2.55. The van der Waals surface area contributed by atoms with Crippen molar-refractivity contribution in [3.05, 3.63) is 29.3 Å². The van der Waals surface area contributed by atoms with Gasteiger partial charge in [0.1, 0.15) is 5.75 Å². The molecule has 1 N–H and O–H groups in total. The molecule has 2 rings (SSSR count). The van der Waals surface area contributed by atoms with Crippen molar-refractivity contribution in [1.29, 1.82) is 0 Å². The summed E-state index contributed by atoms with van der Waals surface area (Å²) in [5.41, 5.74) is 1.75. The second kappa shape index (κ2) is 3.33. The second-order valence-corrected chi connectivity index (χ2v) is 3.36. The van der Waals surface area contributed by atoms with Crippen LogP contribution in [-0.2, 0) is 0 Å². The Morgan fingerprint density at radius 3 is 2.93 bits per heavy atom. The lowest BCUT2D eigenvalue weighted by atomic mass is 10.0. The van der Waals surface area contributed by atoms with E-state index in [1.807, 2.05) is 18.2 Å². The number of rotatable bonds is 2. The van der Waals surface area contributed by atoms with Crippen LogP contribution in [0.3, 0.4) is 0 Å². The van der Waals surface area contributed by atoms with Crippen LogP contribution in [0.4, 0.5) is 0 Å². The van der Waals surface area contributed by atoms with E-state index in [9.17, 15) is 4.79 Å². The van der Waals surface area contributed by atoms with Gasteiger partial charge in [-0.3, -0.25) is 4.79 Å². The maximum atomic E-state index is 11.6. The first-order valence-corrected chi connectivity index (χ1v) is 4.75. The highest BCUT2D eigenvalue weighted by Gasteiger charge is 2.29. The Bertz CT molecular complexity index is 374. The molecule has 74 valence electrons. The third kappa shape index (κ3) is 1.16. The Morgan fingerprint density at radius 2 is 2.29 bits per heavy atom. The number of carbonyl (C=O) groups is 1. The van der Waals surface area contributed by atoms with Crippen molar-refractivity contribution in [3.63, 3.8) is 0 Å². The van der Waals surface area contributed by atoms with E-state index in [1.165, 1.54) is 0 Å². The molecule has 0 saturated heterocycles. The first-order valence-electron chi connectivity index (χ1n) is 4.75. The summed E-state index contributed by atoms with van der Waals surface area (Å²) in [5, 5.41) is 2.92. The standard InChI is InChI=1S/C11H13NO2/c1-3-8-7-5-4-6-9(14-2)10(7)11(13)12-8/h4-6,8H,3H2,1-2H3,(H,12,13). The van der Waals surface area contributed by atoms with Gasteiger partial charge < -0.3 is 10.1 Å². The highest BCUT2D eigenvalue weighted by molar-refractivity contribution is 6.01. The molecular weight excluding hydrogens is 178 g/mol. The summed E-state index contributed by atoms with van der Waals surface area (Å²) in [4.78, 5) is 11.6. The average Bonchev–Trinajstić information content (AvgIpc) is 2.55. The summed E-state index contributed by atoms with van der Waals surface area (Å²) in [5.74, 6) is 0.639. The molecule has 1 atom stereocenters. The number of methoxy groups -OCH3 is 1. The Kier molecular flexibility index (Phi) is 2.15. The van der Waals surface area contributed by atoms with Gasteiger partial charge >= 0.3 is 0 Å². The molecule has 1 aliphatic heterocycles. The molecule has 0 fully saturated rings. The molecule has 0 aliphatic carbocycles. The molecule has 1 aromatic carbocycles. The van der Waals surface area contributed by atoms with Gasteiger partial charge in [-0.05, 0) is 18.1 Å². The van der Waals surface area contributed by atoms with Crippen molar-refractivity contribution in [2.45, 2.75) is 19.4 Å². The van der Waals surface area contributed by atoms with E-state index in [2.05, 4.69) is 12.2 Å². The number of benzene rings is 1. The van der Waals surface area contributed by atoms with Crippen molar-refractivity contribution in [2.75, 3.05) is 7.11 Å².